The van der Waals surface area contributed by atoms with Crippen molar-refractivity contribution in [1.82, 2.24) is 14.8 Å². The summed E-state index contributed by atoms with van der Waals surface area (Å²) in [6.07, 6.45) is -0.714. The average molecular weight is 533 g/mol. The lowest BCUT2D eigenvalue weighted by atomic mass is 9.90. The molecule has 0 aliphatic rings. The van der Waals surface area contributed by atoms with Crippen molar-refractivity contribution in [3.8, 4) is 21.7 Å². The molecule has 2 aromatic heterocycles. The van der Waals surface area contributed by atoms with Crippen LogP contribution in [0.25, 0.3) is 42.8 Å². The van der Waals surface area contributed by atoms with E-state index in [1.807, 2.05) is 77.2 Å². The number of carbonyl (C=O) groups is 1. The summed E-state index contributed by atoms with van der Waals surface area (Å²) in [5.74, 6) is 0.462. The van der Waals surface area contributed by atoms with Gasteiger partial charge in [0.2, 0.25) is 0 Å². The fourth-order valence-electron chi connectivity index (χ4n) is 4.69. The van der Waals surface area contributed by atoms with Gasteiger partial charge in [-0.3, -0.25) is 9.48 Å². The summed E-state index contributed by atoms with van der Waals surface area (Å²) in [6, 6.07) is 15.8. The number of thiazole rings is 1. The predicted octanol–water partition coefficient (Wildman–Crippen LogP) is 7.51. The number of aryl methyl sites for hydroxylation is 2. The first kappa shape index (κ1) is 25.4. The van der Waals surface area contributed by atoms with E-state index in [9.17, 15) is 4.79 Å². The molecule has 37 heavy (non-hydrogen) atoms. The molecular weight excluding hydrogens is 504 g/mol. The Hall–Kier alpha value is -3.26. The van der Waals surface area contributed by atoms with Crippen LogP contribution in [-0.4, -0.2) is 26.1 Å². The van der Waals surface area contributed by atoms with Crippen LogP contribution in [0.4, 0.5) is 5.82 Å². The van der Waals surface area contributed by atoms with Crippen LogP contribution in [0.5, 0.6) is 0 Å². The zero-order valence-corrected chi connectivity index (χ0v) is 23.3. The Bertz CT molecular complexity index is 1660. The molecule has 0 spiro atoms. The van der Waals surface area contributed by atoms with Crippen molar-refractivity contribution in [3.63, 3.8) is 0 Å². The van der Waals surface area contributed by atoms with Gasteiger partial charge in [0, 0.05) is 34.1 Å². The molecule has 3 aromatic carbocycles. The van der Waals surface area contributed by atoms with Gasteiger partial charge in [0.1, 0.15) is 11.1 Å². The summed E-state index contributed by atoms with van der Waals surface area (Å²) in [5.41, 5.74) is 12.1. The van der Waals surface area contributed by atoms with Gasteiger partial charge in [0.05, 0.1) is 21.3 Å². The number of halogens is 1. The molecule has 1 atom stereocenters. The zero-order valence-electron chi connectivity index (χ0n) is 21.7. The van der Waals surface area contributed by atoms with E-state index in [0.29, 0.717) is 10.8 Å². The van der Waals surface area contributed by atoms with Crippen molar-refractivity contribution in [2.75, 3.05) is 5.73 Å². The number of Topliss-reactive ketones (excluding diaryl/α,β-unsaturated/α-hetero) is 1. The second kappa shape index (κ2) is 9.24. The topological polar surface area (TPSA) is 83.0 Å². The quantitative estimate of drug-likeness (QED) is 0.253. The number of ether oxygens (including phenoxy) is 1. The van der Waals surface area contributed by atoms with E-state index in [4.69, 9.17) is 27.1 Å². The van der Waals surface area contributed by atoms with Gasteiger partial charge in [0.25, 0.3) is 0 Å². The highest BCUT2D eigenvalue weighted by atomic mass is 35.5. The van der Waals surface area contributed by atoms with Crippen LogP contribution < -0.4 is 5.73 Å². The van der Waals surface area contributed by atoms with Crippen molar-refractivity contribution >= 4 is 55.7 Å². The minimum Gasteiger partial charge on any atom is -0.382 e. The molecule has 0 radical (unpaired) electrons. The smallest absolute Gasteiger partial charge is 0.163 e. The molecule has 0 saturated heterocycles. The zero-order chi connectivity index (χ0) is 26.6. The fraction of sp³-hybridized carbons (Fsp3) is 0.276. The summed E-state index contributed by atoms with van der Waals surface area (Å²) in [4.78, 5) is 18.0. The normalized spacial score (nSPS) is 12.9. The third kappa shape index (κ3) is 4.75. The van der Waals surface area contributed by atoms with E-state index in [1.165, 1.54) is 0 Å². The molecule has 6 nitrogen and oxygen atoms in total. The Kier molecular flexibility index (Phi) is 6.34. The number of ketones is 1. The van der Waals surface area contributed by atoms with Crippen LogP contribution in [0.2, 0.25) is 5.02 Å². The second-order valence-corrected chi connectivity index (χ2v) is 11.8. The SMILES string of the molecule is CC(=O)[C@@H](OC(C)(C)C)c1c(C)cc2nc(-c3ccc4c(N)nn(C)c4c3)sc2c1-c1ccc(Cl)cc1. The molecule has 5 aromatic rings. The largest absolute Gasteiger partial charge is 0.382 e. The van der Waals surface area contributed by atoms with Gasteiger partial charge in [0.15, 0.2) is 11.6 Å². The van der Waals surface area contributed by atoms with Gasteiger partial charge in [-0.1, -0.05) is 29.8 Å². The highest BCUT2D eigenvalue weighted by Gasteiger charge is 2.30. The number of benzene rings is 3. The molecule has 190 valence electrons. The Morgan fingerprint density at radius 3 is 2.43 bits per heavy atom. The molecular formula is C29H29ClN4O2S. The van der Waals surface area contributed by atoms with Crippen LogP contribution in [-0.2, 0) is 16.6 Å². The Morgan fingerprint density at radius 2 is 1.78 bits per heavy atom. The van der Waals surface area contributed by atoms with Crippen molar-refractivity contribution in [2.45, 2.75) is 46.3 Å². The van der Waals surface area contributed by atoms with Crippen LogP contribution in [0.3, 0.4) is 0 Å². The van der Waals surface area contributed by atoms with Crippen molar-refractivity contribution in [1.29, 1.82) is 0 Å². The number of rotatable bonds is 5. The summed E-state index contributed by atoms with van der Waals surface area (Å²) in [6.45, 7) is 9.49. The maximum absolute atomic E-state index is 13.0. The summed E-state index contributed by atoms with van der Waals surface area (Å²) in [7, 11) is 1.88. The van der Waals surface area contributed by atoms with Gasteiger partial charge in [-0.25, -0.2) is 4.98 Å². The number of nitrogens with zero attached hydrogens (tertiary/aromatic N) is 3. The molecule has 2 N–H and O–H groups in total. The van der Waals surface area contributed by atoms with Gasteiger partial charge in [-0.2, -0.15) is 5.10 Å². The van der Waals surface area contributed by atoms with E-state index >= 15 is 0 Å². The Labute approximate surface area is 225 Å². The van der Waals surface area contributed by atoms with E-state index < -0.39 is 11.7 Å². The van der Waals surface area contributed by atoms with Gasteiger partial charge >= 0.3 is 0 Å². The average Bonchev–Trinajstić information content (AvgIpc) is 3.37. The van der Waals surface area contributed by atoms with Crippen LogP contribution in [0.15, 0.2) is 48.5 Å². The monoisotopic (exact) mass is 532 g/mol. The third-order valence-electron chi connectivity index (χ3n) is 6.29. The van der Waals surface area contributed by atoms with Gasteiger partial charge in [-0.15, -0.1) is 11.3 Å². The summed E-state index contributed by atoms with van der Waals surface area (Å²) < 4.78 is 9.12. The van der Waals surface area contributed by atoms with E-state index in [1.54, 1.807) is 22.9 Å². The first-order valence-corrected chi connectivity index (χ1v) is 13.2. The van der Waals surface area contributed by atoms with E-state index in [-0.39, 0.29) is 5.78 Å². The number of hydrogen-bond donors (Lipinski definition) is 1. The summed E-state index contributed by atoms with van der Waals surface area (Å²) in [5, 5.41) is 6.78. The van der Waals surface area contributed by atoms with Crippen LogP contribution in [0.1, 0.15) is 44.9 Å². The molecule has 0 bridgehead atoms. The maximum Gasteiger partial charge on any atom is 0.163 e. The standard InChI is InChI=1S/C29H29ClN4O2S/c1-15-13-21-26(37-28(32-21)18-9-12-20-22(14-18)34(6)33-27(20)31)24(17-7-10-19(30)11-8-17)23(15)25(16(2)35)36-29(3,4)5/h7-14,25H,1-6H3,(H2,31,33)/t25-/m1/s1. The lowest BCUT2D eigenvalue weighted by Crippen LogP contribution is -2.27. The number of anilines is 1. The molecule has 0 unspecified atom stereocenters. The number of aromatic nitrogens is 3. The lowest BCUT2D eigenvalue weighted by molar-refractivity contribution is -0.138. The van der Waals surface area contributed by atoms with Gasteiger partial charge < -0.3 is 10.5 Å². The second-order valence-electron chi connectivity index (χ2n) is 10.3. The summed E-state index contributed by atoms with van der Waals surface area (Å²) >= 11 is 7.83. The number of nitrogen functional groups attached to an aromatic ring is 1. The van der Waals surface area contributed by atoms with E-state index in [2.05, 4.69) is 11.2 Å². The highest BCUT2D eigenvalue weighted by Crippen LogP contribution is 2.44. The minimum absolute atomic E-state index is 0.0448. The molecule has 0 amide bonds. The van der Waals surface area contributed by atoms with Gasteiger partial charge in [-0.05, 0) is 76.1 Å². The fourth-order valence-corrected chi connectivity index (χ4v) is 5.94. The molecule has 2 heterocycles. The molecule has 8 heteroatoms. The van der Waals surface area contributed by atoms with Crippen LogP contribution >= 0.6 is 22.9 Å². The van der Waals surface area contributed by atoms with Crippen LogP contribution in [0, 0.1) is 6.92 Å². The minimum atomic E-state index is -0.714. The van der Waals surface area contributed by atoms with Crippen molar-refractivity contribution in [2.24, 2.45) is 7.05 Å². The number of fused-ring (bicyclic) bond motifs is 2. The highest BCUT2D eigenvalue weighted by molar-refractivity contribution is 7.22. The molecule has 0 aliphatic heterocycles. The maximum atomic E-state index is 13.0. The Morgan fingerprint density at radius 1 is 1.11 bits per heavy atom. The van der Waals surface area contributed by atoms with Crippen molar-refractivity contribution in [3.05, 3.63) is 64.7 Å². The Balaban J connectivity index is 1.78. The number of carbonyl (C=O) groups excluding carboxylic acids is 1. The molecule has 5 rings (SSSR count). The molecule has 0 saturated carbocycles. The van der Waals surface area contributed by atoms with E-state index in [0.717, 1.165) is 53.9 Å². The number of hydrogen-bond acceptors (Lipinski definition) is 6. The first-order chi connectivity index (χ1) is 17.4. The first-order valence-electron chi connectivity index (χ1n) is 12.0. The lowest BCUT2D eigenvalue weighted by Gasteiger charge is -2.29. The number of nitrogens with two attached hydrogens (primary N) is 1. The molecule has 0 aliphatic carbocycles. The van der Waals surface area contributed by atoms with Crippen molar-refractivity contribution < 1.29 is 9.53 Å². The third-order valence-corrected chi connectivity index (χ3v) is 7.68. The molecule has 0 fully saturated rings. The predicted molar refractivity (Wildman–Crippen MR) is 153 cm³/mol.